The first kappa shape index (κ1) is 37.5. The number of nitrogen functional groups attached to an aromatic ring is 2. The van der Waals surface area contributed by atoms with E-state index >= 15 is 0 Å². The van der Waals surface area contributed by atoms with Gasteiger partial charge >= 0.3 is 5.69 Å². The SMILES string of the molecule is Cc1cn(C[C@@H]2N[C@H](c3cc(C(C)(C)C)cc4c3Oc3c(-c5nc(N)nc(N)n5)cc(C(C)(C)C)cc3C4(C)C)N(Cc3ccccc3)C2=O)c(=O)[nH]c1=O. The number of fused-ring (bicyclic) bond motifs is 2. The molecule has 2 aliphatic rings. The van der Waals surface area contributed by atoms with Gasteiger partial charge in [-0.15, -0.1) is 0 Å². The number of hydrogen-bond donors (Lipinski definition) is 4. The highest BCUT2D eigenvalue weighted by molar-refractivity contribution is 5.85. The summed E-state index contributed by atoms with van der Waals surface area (Å²) in [7, 11) is 0. The number of carbonyl (C=O) groups is 1. The maximum absolute atomic E-state index is 14.6. The number of H-pyrrole nitrogens is 1. The topological polar surface area (TPSA) is 187 Å². The van der Waals surface area contributed by atoms with Gasteiger partial charge in [0.15, 0.2) is 5.82 Å². The predicted octanol–water partition coefficient (Wildman–Crippen LogP) is 5.59. The summed E-state index contributed by atoms with van der Waals surface area (Å²) in [5, 5.41) is 3.59. The van der Waals surface area contributed by atoms with Crippen LogP contribution in [-0.2, 0) is 34.1 Å². The summed E-state index contributed by atoms with van der Waals surface area (Å²) < 4.78 is 8.51. The average molecular weight is 744 g/mol. The number of rotatable bonds is 6. The summed E-state index contributed by atoms with van der Waals surface area (Å²) in [6, 6.07) is 17.5. The van der Waals surface area contributed by atoms with E-state index in [4.69, 9.17) is 16.2 Å². The first-order valence-electron chi connectivity index (χ1n) is 18.5. The molecule has 3 aromatic carbocycles. The lowest BCUT2D eigenvalue weighted by atomic mass is 9.70. The molecule has 13 nitrogen and oxygen atoms in total. The molecule has 0 aliphatic carbocycles. The minimum atomic E-state index is -0.796. The van der Waals surface area contributed by atoms with E-state index in [1.165, 1.54) is 10.8 Å². The van der Waals surface area contributed by atoms with Gasteiger partial charge in [-0.1, -0.05) is 97.9 Å². The van der Waals surface area contributed by atoms with Crippen LogP contribution in [0.4, 0.5) is 11.9 Å². The number of hydrogen-bond acceptors (Lipinski definition) is 10. The number of aromatic amines is 1. The number of nitrogens with one attached hydrogen (secondary N) is 2. The maximum atomic E-state index is 14.6. The van der Waals surface area contributed by atoms with Crippen LogP contribution < -0.4 is 32.8 Å². The fraction of sp³-hybridized carbons (Fsp3) is 0.381. The Morgan fingerprint density at radius 2 is 1.44 bits per heavy atom. The molecule has 286 valence electrons. The highest BCUT2D eigenvalue weighted by Crippen LogP contribution is 2.55. The minimum Gasteiger partial charge on any atom is -0.456 e. The van der Waals surface area contributed by atoms with Crippen molar-refractivity contribution in [2.45, 2.75) is 104 Å². The predicted molar refractivity (Wildman–Crippen MR) is 213 cm³/mol. The van der Waals surface area contributed by atoms with E-state index in [1.54, 1.807) is 11.8 Å². The number of nitrogens with zero attached hydrogens (tertiary/aromatic N) is 5. The van der Waals surface area contributed by atoms with Gasteiger partial charge in [-0.25, -0.2) is 4.79 Å². The number of amides is 1. The fourth-order valence-electron chi connectivity index (χ4n) is 7.41. The second-order valence-electron chi connectivity index (χ2n) is 17.2. The number of anilines is 2. The molecule has 0 saturated carbocycles. The number of carbonyl (C=O) groups excluding carboxylic acids is 1. The summed E-state index contributed by atoms with van der Waals surface area (Å²) in [6.07, 6.45) is 0.829. The van der Waals surface area contributed by atoms with Crippen molar-refractivity contribution >= 4 is 17.8 Å². The van der Waals surface area contributed by atoms with Gasteiger partial charge in [0.25, 0.3) is 5.56 Å². The lowest BCUT2D eigenvalue weighted by Gasteiger charge is -2.40. The molecule has 7 rings (SSSR count). The Morgan fingerprint density at radius 1 is 0.836 bits per heavy atom. The fourth-order valence-corrected chi connectivity index (χ4v) is 7.41. The van der Waals surface area contributed by atoms with E-state index in [1.807, 2.05) is 36.4 Å². The van der Waals surface area contributed by atoms with Crippen molar-refractivity contribution in [3.8, 4) is 22.9 Å². The first-order valence-corrected chi connectivity index (χ1v) is 18.5. The van der Waals surface area contributed by atoms with Crippen molar-refractivity contribution in [1.29, 1.82) is 0 Å². The number of aryl methyl sites for hydroxylation is 1. The van der Waals surface area contributed by atoms with Gasteiger partial charge in [0.05, 0.1) is 12.1 Å². The lowest BCUT2D eigenvalue weighted by molar-refractivity contribution is -0.131. The Bertz CT molecular complexity index is 2440. The van der Waals surface area contributed by atoms with Crippen molar-refractivity contribution in [2.75, 3.05) is 11.5 Å². The number of nitrogens with two attached hydrogens (primary N) is 2. The molecule has 2 aromatic heterocycles. The van der Waals surface area contributed by atoms with E-state index in [-0.39, 0.29) is 35.2 Å². The van der Waals surface area contributed by atoms with Gasteiger partial charge in [-0.3, -0.25) is 24.5 Å². The van der Waals surface area contributed by atoms with Gasteiger partial charge < -0.3 is 21.1 Å². The molecular weight excluding hydrogens is 695 g/mol. The Labute approximate surface area is 320 Å². The zero-order chi connectivity index (χ0) is 39.8. The second-order valence-corrected chi connectivity index (χ2v) is 17.2. The molecule has 4 heterocycles. The summed E-state index contributed by atoms with van der Waals surface area (Å²) in [5.74, 6) is 1.26. The number of benzene rings is 3. The average Bonchev–Trinajstić information content (AvgIpc) is 3.39. The smallest absolute Gasteiger partial charge is 0.328 e. The quantitative estimate of drug-likeness (QED) is 0.171. The number of aromatic nitrogens is 5. The van der Waals surface area contributed by atoms with E-state index in [0.717, 1.165) is 33.4 Å². The Hall–Kier alpha value is -5.82. The molecule has 5 aromatic rings. The summed E-state index contributed by atoms with van der Waals surface area (Å²) >= 11 is 0. The molecule has 2 aliphatic heterocycles. The van der Waals surface area contributed by atoms with Crippen LogP contribution in [0.2, 0.25) is 0 Å². The molecular formula is C42H49N9O4. The molecule has 1 amide bonds. The van der Waals surface area contributed by atoms with Crippen molar-refractivity contribution in [2.24, 2.45) is 0 Å². The molecule has 2 atom stereocenters. The number of ether oxygens (including phenoxy) is 1. The van der Waals surface area contributed by atoms with E-state index in [0.29, 0.717) is 35.0 Å². The molecule has 6 N–H and O–H groups in total. The van der Waals surface area contributed by atoms with Crippen molar-refractivity contribution < 1.29 is 9.53 Å². The zero-order valence-electron chi connectivity index (χ0n) is 32.9. The van der Waals surface area contributed by atoms with Crippen LogP contribution >= 0.6 is 0 Å². The third-order valence-corrected chi connectivity index (χ3v) is 10.7. The van der Waals surface area contributed by atoms with Gasteiger partial charge in [-0.05, 0) is 46.6 Å². The lowest BCUT2D eigenvalue weighted by Crippen LogP contribution is -2.40. The van der Waals surface area contributed by atoms with Gasteiger partial charge in [-0.2, -0.15) is 15.0 Å². The summed E-state index contributed by atoms with van der Waals surface area (Å²) in [4.78, 5) is 56.9. The molecule has 55 heavy (non-hydrogen) atoms. The maximum Gasteiger partial charge on any atom is 0.328 e. The Balaban J connectivity index is 1.45. The third-order valence-electron chi connectivity index (χ3n) is 10.7. The van der Waals surface area contributed by atoms with Crippen molar-refractivity contribution in [1.82, 2.24) is 34.7 Å². The second kappa shape index (κ2) is 13.2. The van der Waals surface area contributed by atoms with Crippen LogP contribution in [0.15, 0.2) is 70.4 Å². The Kier molecular flexibility index (Phi) is 8.99. The molecule has 0 spiro atoms. The van der Waals surface area contributed by atoms with Crippen LogP contribution in [0.25, 0.3) is 11.4 Å². The van der Waals surface area contributed by atoms with Crippen molar-refractivity contribution in [3.63, 3.8) is 0 Å². The molecule has 1 saturated heterocycles. The standard InChI is InChI=1S/C42H49N9O4/c1-22-19-50(39(54)48-35(22)52)21-30-36(53)51(20-23-13-11-10-12-14-23)34(45-30)27-16-25(41(5,6)7)18-29-32(27)55-31-26(33-46-37(43)49-38(44)47-33)15-24(40(2,3)4)17-28(31)42(29,8)9/h10-19,30,34,45H,20-21H2,1-9H3,(H,48,52,54)(H4,43,44,46,47,49)/t30-,34-/m0/s1. The normalized spacial score (nSPS) is 17.8. The Morgan fingerprint density at radius 3 is 2.05 bits per heavy atom. The highest BCUT2D eigenvalue weighted by atomic mass is 16.5. The van der Waals surface area contributed by atoms with Gasteiger partial charge in [0.1, 0.15) is 23.7 Å². The minimum absolute atomic E-state index is 0.00329. The summed E-state index contributed by atoms with van der Waals surface area (Å²) in [5.41, 5.74) is 16.8. The molecule has 0 radical (unpaired) electrons. The van der Waals surface area contributed by atoms with Crippen LogP contribution in [-0.4, -0.2) is 41.4 Å². The first-order chi connectivity index (χ1) is 25.7. The van der Waals surface area contributed by atoms with Gasteiger partial charge in [0, 0.05) is 40.4 Å². The van der Waals surface area contributed by atoms with E-state index in [2.05, 4.69) is 98.8 Å². The van der Waals surface area contributed by atoms with E-state index in [9.17, 15) is 14.4 Å². The zero-order valence-corrected chi connectivity index (χ0v) is 32.9. The van der Waals surface area contributed by atoms with Crippen LogP contribution in [0.3, 0.4) is 0 Å². The van der Waals surface area contributed by atoms with Crippen LogP contribution in [0.5, 0.6) is 11.5 Å². The molecule has 0 bridgehead atoms. The molecule has 1 fully saturated rings. The third kappa shape index (κ3) is 6.88. The summed E-state index contributed by atoms with van der Waals surface area (Å²) in [6.45, 7) is 19.2. The van der Waals surface area contributed by atoms with Crippen molar-refractivity contribution in [3.05, 3.63) is 121 Å². The monoisotopic (exact) mass is 743 g/mol. The van der Waals surface area contributed by atoms with E-state index < -0.39 is 28.9 Å². The van der Waals surface area contributed by atoms with Crippen LogP contribution in [0, 0.1) is 6.92 Å². The van der Waals surface area contributed by atoms with Gasteiger partial charge in [0.2, 0.25) is 17.8 Å². The highest BCUT2D eigenvalue weighted by Gasteiger charge is 2.45. The van der Waals surface area contributed by atoms with Crippen LogP contribution in [0.1, 0.15) is 100 Å². The molecule has 13 heteroatoms. The molecule has 0 unspecified atom stereocenters. The largest absolute Gasteiger partial charge is 0.456 e.